The molecule has 0 amide bonds. The molecule has 11 heteroatoms. The lowest BCUT2D eigenvalue weighted by Crippen LogP contribution is -2.46. The van der Waals surface area contributed by atoms with Crippen LogP contribution in [0.15, 0.2) is 51.6 Å². The van der Waals surface area contributed by atoms with E-state index in [-0.39, 0.29) is 0 Å². The molecule has 0 N–H and O–H groups in total. The Morgan fingerprint density at radius 3 is 2.52 bits per heavy atom. The van der Waals surface area contributed by atoms with Crippen molar-refractivity contribution in [1.82, 2.24) is 34.3 Å². The number of benzene rings is 1. The van der Waals surface area contributed by atoms with Crippen molar-refractivity contribution < 1.29 is 8.94 Å². The fourth-order valence-corrected chi connectivity index (χ4v) is 4.35. The van der Waals surface area contributed by atoms with Crippen LogP contribution in [0.1, 0.15) is 12.8 Å². The highest BCUT2D eigenvalue weighted by atomic mass is 35.5. The van der Waals surface area contributed by atoms with Crippen molar-refractivity contribution in [3.63, 3.8) is 0 Å². The largest absolute Gasteiger partial charge is 0.461 e. The quantitative estimate of drug-likeness (QED) is 0.361. The van der Waals surface area contributed by atoms with E-state index < -0.39 is 0 Å². The fourth-order valence-electron chi connectivity index (χ4n) is 3.91. The molecule has 5 rings (SSSR count). The van der Waals surface area contributed by atoms with Gasteiger partial charge in [-0.1, -0.05) is 16.8 Å². The SMILES string of the molecule is CCn1c(-c2ccco2)nn(CN2CCN(Cc3nc(-c4ccc(Cl)cc4)no3)CC2)c1=S. The van der Waals surface area contributed by atoms with Crippen LogP contribution >= 0.6 is 23.8 Å². The highest BCUT2D eigenvalue weighted by molar-refractivity contribution is 7.71. The van der Waals surface area contributed by atoms with E-state index in [2.05, 4.69) is 26.9 Å². The van der Waals surface area contributed by atoms with Crippen LogP contribution in [0.2, 0.25) is 5.02 Å². The number of furan rings is 1. The third-order valence-corrected chi connectivity index (χ3v) is 6.39. The predicted molar refractivity (Wildman–Crippen MR) is 126 cm³/mol. The lowest BCUT2D eigenvalue weighted by Gasteiger charge is -2.33. The molecular formula is C22H24ClN7O2S. The van der Waals surface area contributed by atoms with Gasteiger partial charge < -0.3 is 8.94 Å². The van der Waals surface area contributed by atoms with Gasteiger partial charge in [0.15, 0.2) is 16.4 Å². The summed E-state index contributed by atoms with van der Waals surface area (Å²) in [5, 5.41) is 9.51. The van der Waals surface area contributed by atoms with Gasteiger partial charge >= 0.3 is 0 Å². The van der Waals surface area contributed by atoms with Crippen molar-refractivity contribution in [3.05, 3.63) is 58.3 Å². The molecule has 0 unspecified atom stereocenters. The van der Waals surface area contributed by atoms with Crippen molar-refractivity contribution in [2.45, 2.75) is 26.7 Å². The lowest BCUT2D eigenvalue weighted by molar-refractivity contribution is 0.0908. The monoisotopic (exact) mass is 485 g/mol. The van der Waals surface area contributed by atoms with E-state index >= 15 is 0 Å². The average Bonchev–Trinajstić information content (AvgIpc) is 3.57. The van der Waals surface area contributed by atoms with Crippen LogP contribution in [0.5, 0.6) is 0 Å². The van der Waals surface area contributed by atoms with E-state index in [9.17, 15) is 0 Å². The van der Waals surface area contributed by atoms with Gasteiger partial charge in [-0.05, 0) is 55.5 Å². The smallest absolute Gasteiger partial charge is 0.241 e. The normalized spacial score (nSPS) is 15.3. The number of hydrogen-bond acceptors (Lipinski definition) is 8. The molecule has 0 atom stereocenters. The number of piperazine rings is 1. The van der Waals surface area contributed by atoms with Gasteiger partial charge in [0.1, 0.15) is 0 Å². The maximum atomic E-state index is 5.95. The van der Waals surface area contributed by atoms with Gasteiger partial charge in [0.05, 0.1) is 19.5 Å². The average molecular weight is 486 g/mol. The summed E-state index contributed by atoms with van der Waals surface area (Å²) in [5.41, 5.74) is 0.886. The predicted octanol–water partition coefficient (Wildman–Crippen LogP) is 4.17. The Kier molecular flexibility index (Phi) is 6.41. The molecular weight excluding hydrogens is 462 g/mol. The van der Waals surface area contributed by atoms with Crippen molar-refractivity contribution in [2.75, 3.05) is 26.2 Å². The van der Waals surface area contributed by atoms with Gasteiger partial charge in [-0.2, -0.15) is 4.98 Å². The molecule has 0 bridgehead atoms. The molecule has 33 heavy (non-hydrogen) atoms. The van der Waals surface area contributed by atoms with Crippen LogP contribution in [0.3, 0.4) is 0 Å². The van der Waals surface area contributed by atoms with Gasteiger partial charge in [-0.25, -0.2) is 4.68 Å². The minimum Gasteiger partial charge on any atom is -0.461 e. The Bertz CT molecular complexity index is 1250. The van der Waals surface area contributed by atoms with Crippen molar-refractivity contribution in [1.29, 1.82) is 0 Å². The van der Waals surface area contributed by atoms with Crippen LogP contribution in [0.25, 0.3) is 23.0 Å². The molecule has 1 saturated heterocycles. The molecule has 1 aliphatic rings. The first-order valence-electron chi connectivity index (χ1n) is 10.9. The highest BCUT2D eigenvalue weighted by Crippen LogP contribution is 2.21. The molecule has 4 aromatic rings. The van der Waals surface area contributed by atoms with E-state index in [4.69, 9.17) is 37.9 Å². The van der Waals surface area contributed by atoms with E-state index in [0.29, 0.717) is 34.7 Å². The van der Waals surface area contributed by atoms with Crippen molar-refractivity contribution in [2.24, 2.45) is 0 Å². The van der Waals surface area contributed by atoms with Crippen molar-refractivity contribution >= 4 is 23.8 Å². The van der Waals surface area contributed by atoms with Gasteiger partial charge in [0, 0.05) is 43.3 Å². The fraction of sp³-hybridized carbons (Fsp3) is 0.364. The topological polar surface area (TPSA) is 81.3 Å². The third kappa shape index (κ3) is 4.79. The Balaban J connectivity index is 1.18. The second kappa shape index (κ2) is 9.60. The maximum Gasteiger partial charge on any atom is 0.241 e. The van der Waals surface area contributed by atoms with Crippen LogP contribution in [0.4, 0.5) is 0 Å². The minimum atomic E-state index is 0.577. The van der Waals surface area contributed by atoms with Gasteiger partial charge in [-0.15, -0.1) is 5.10 Å². The molecule has 0 radical (unpaired) electrons. The van der Waals surface area contributed by atoms with Gasteiger partial charge in [0.2, 0.25) is 11.7 Å². The standard InChI is InChI=1S/C22H24ClN7O2S/c1-2-29-21(18-4-3-13-31-18)25-30(22(29)33)15-28-11-9-27(10-12-28)14-19-24-20(26-32-19)16-5-7-17(23)8-6-16/h3-8,13H,2,9-12,14-15H2,1H3. The third-order valence-electron chi connectivity index (χ3n) is 5.71. The summed E-state index contributed by atoms with van der Waals surface area (Å²) in [6.45, 7) is 7.66. The zero-order valence-corrected chi connectivity index (χ0v) is 19.8. The van der Waals surface area contributed by atoms with Gasteiger partial charge in [0.25, 0.3) is 0 Å². The summed E-state index contributed by atoms with van der Waals surface area (Å²) in [6, 6.07) is 11.2. The molecule has 0 saturated carbocycles. The van der Waals surface area contributed by atoms with E-state index in [1.165, 1.54) is 0 Å². The summed E-state index contributed by atoms with van der Waals surface area (Å²) in [5.74, 6) is 2.68. The molecule has 1 aromatic carbocycles. The number of nitrogens with zero attached hydrogens (tertiary/aromatic N) is 7. The summed E-state index contributed by atoms with van der Waals surface area (Å²) >= 11 is 11.6. The molecule has 0 aliphatic carbocycles. The maximum absolute atomic E-state index is 5.95. The van der Waals surface area contributed by atoms with Gasteiger partial charge in [-0.3, -0.25) is 14.4 Å². The molecule has 1 aliphatic heterocycles. The first-order valence-corrected chi connectivity index (χ1v) is 11.6. The summed E-state index contributed by atoms with van der Waals surface area (Å²) < 4.78 is 15.6. The van der Waals surface area contributed by atoms with Crippen LogP contribution in [0, 0.1) is 4.77 Å². The van der Waals surface area contributed by atoms with Crippen LogP contribution < -0.4 is 0 Å². The summed E-state index contributed by atoms with van der Waals surface area (Å²) in [7, 11) is 0. The molecule has 172 valence electrons. The molecule has 9 nitrogen and oxygen atoms in total. The van der Waals surface area contributed by atoms with E-state index in [1.807, 2.05) is 45.6 Å². The lowest BCUT2D eigenvalue weighted by atomic mass is 10.2. The first kappa shape index (κ1) is 22.0. The van der Waals surface area contributed by atoms with Crippen molar-refractivity contribution in [3.8, 4) is 23.0 Å². The Hall–Kier alpha value is -2.79. The molecule has 0 spiro atoms. The number of aromatic nitrogens is 5. The summed E-state index contributed by atoms with van der Waals surface area (Å²) in [4.78, 5) is 9.19. The number of halogens is 1. The molecule has 1 fully saturated rings. The van der Waals surface area contributed by atoms with Crippen LogP contribution in [-0.4, -0.2) is 60.5 Å². The highest BCUT2D eigenvalue weighted by Gasteiger charge is 2.21. The minimum absolute atomic E-state index is 0.577. The second-order valence-electron chi connectivity index (χ2n) is 7.88. The zero-order chi connectivity index (χ0) is 22.8. The number of hydrogen-bond donors (Lipinski definition) is 0. The zero-order valence-electron chi connectivity index (χ0n) is 18.2. The number of rotatable bonds is 7. The van der Waals surface area contributed by atoms with E-state index in [0.717, 1.165) is 49.9 Å². The van der Waals surface area contributed by atoms with E-state index in [1.54, 1.807) is 6.26 Å². The first-order chi connectivity index (χ1) is 16.1. The second-order valence-corrected chi connectivity index (χ2v) is 8.68. The Labute approximate surface area is 201 Å². The molecule has 4 heterocycles. The molecule has 3 aromatic heterocycles. The summed E-state index contributed by atoms with van der Waals surface area (Å²) in [6.07, 6.45) is 1.65. The Morgan fingerprint density at radius 1 is 1.06 bits per heavy atom. The Morgan fingerprint density at radius 2 is 1.82 bits per heavy atom. The van der Waals surface area contributed by atoms with Crippen LogP contribution in [-0.2, 0) is 19.8 Å².